The van der Waals surface area contributed by atoms with Crippen molar-refractivity contribution in [3.8, 4) is 6.07 Å². The van der Waals surface area contributed by atoms with E-state index in [9.17, 15) is 13.2 Å². The number of sulfonamides is 1. The summed E-state index contributed by atoms with van der Waals surface area (Å²) in [5.41, 5.74) is 0.376. The van der Waals surface area contributed by atoms with Crippen molar-refractivity contribution in [1.82, 2.24) is 9.62 Å². The molecule has 0 aliphatic rings. The molecule has 1 N–H and O–H groups in total. The fraction of sp³-hybridized carbons (Fsp3) is 0.333. The molecule has 0 heterocycles. The van der Waals surface area contributed by atoms with Crippen molar-refractivity contribution in [2.75, 3.05) is 20.1 Å². The van der Waals surface area contributed by atoms with Gasteiger partial charge in [-0.25, -0.2) is 13.1 Å². The summed E-state index contributed by atoms with van der Waals surface area (Å²) in [6, 6.07) is 7.38. The lowest BCUT2D eigenvalue weighted by Crippen LogP contribution is -2.37. The van der Waals surface area contributed by atoms with Crippen LogP contribution in [0.3, 0.4) is 0 Å². The Labute approximate surface area is 112 Å². The van der Waals surface area contributed by atoms with Gasteiger partial charge in [0, 0.05) is 13.6 Å². The highest BCUT2D eigenvalue weighted by Crippen LogP contribution is 2.09. The minimum Gasteiger partial charge on any atom is -0.345 e. The van der Waals surface area contributed by atoms with Crippen molar-refractivity contribution in [3.63, 3.8) is 0 Å². The molecule has 19 heavy (non-hydrogen) atoms. The van der Waals surface area contributed by atoms with Crippen molar-refractivity contribution in [1.29, 1.82) is 5.26 Å². The van der Waals surface area contributed by atoms with E-state index in [4.69, 9.17) is 5.26 Å². The van der Waals surface area contributed by atoms with Gasteiger partial charge in [0.1, 0.15) is 0 Å². The highest BCUT2D eigenvalue weighted by atomic mass is 32.2. The second kappa shape index (κ2) is 6.31. The second-order valence-electron chi connectivity index (χ2n) is 3.87. The van der Waals surface area contributed by atoms with Crippen LogP contribution >= 0.6 is 0 Å². The topological polar surface area (TPSA) is 90.3 Å². The van der Waals surface area contributed by atoms with Gasteiger partial charge in [-0.05, 0) is 31.2 Å². The Morgan fingerprint density at radius 3 is 2.42 bits per heavy atom. The molecule has 0 aliphatic heterocycles. The van der Waals surface area contributed by atoms with Crippen molar-refractivity contribution in [3.05, 3.63) is 29.8 Å². The summed E-state index contributed by atoms with van der Waals surface area (Å²) in [7, 11) is -2.13. The predicted molar refractivity (Wildman–Crippen MR) is 69.7 cm³/mol. The summed E-state index contributed by atoms with van der Waals surface area (Å²) in [6.07, 6.45) is 0. The smallest absolute Gasteiger partial charge is 0.241 e. The highest BCUT2D eigenvalue weighted by Gasteiger charge is 2.16. The van der Waals surface area contributed by atoms with Crippen LogP contribution in [0.25, 0.3) is 0 Å². The molecule has 1 aromatic rings. The monoisotopic (exact) mass is 281 g/mol. The average Bonchev–Trinajstić information content (AvgIpc) is 2.44. The van der Waals surface area contributed by atoms with Gasteiger partial charge in [-0.3, -0.25) is 4.79 Å². The number of hydrogen-bond donors (Lipinski definition) is 1. The third-order valence-corrected chi connectivity index (χ3v) is 4.02. The SMILES string of the molecule is CCN(C)C(=O)CNS(=O)(=O)c1ccc(C#N)cc1. The number of nitriles is 1. The molecule has 0 aromatic heterocycles. The van der Waals surface area contributed by atoms with Gasteiger partial charge >= 0.3 is 0 Å². The lowest BCUT2D eigenvalue weighted by molar-refractivity contribution is -0.128. The summed E-state index contributed by atoms with van der Waals surface area (Å²) >= 11 is 0. The van der Waals surface area contributed by atoms with Crippen LogP contribution in [0.15, 0.2) is 29.2 Å². The van der Waals surface area contributed by atoms with E-state index in [2.05, 4.69) is 4.72 Å². The molecule has 0 atom stereocenters. The van der Waals surface area contributed by atoms with Crippen molar-refractivity contribution >= 4 is 15.9 Å². The van der Waals surface area contributed by atoms with E-state index in [-0.39, 0.29) is 17.3 Å². The summed E-state index contributed by atoms with van der Waals surface area (Å²) in [4.78, 5) is 13.0. The van der Waals surface area contributed by atoms with Crippen molar-refractivity contribution in [2.24, 2.45) is 0 Å². The molecular formula is C12H15N3O3S. The van der Waals surface area contributed by atoms with E-state index in [1.165, 1.54) is 29.2 Å². The van der Waals surface area contributed by atoms with E-state index in [0.717, 1.165) is 0 Å². The third-order valence-electron chi connectivity index (χ3n) is 2.61. The second-order valence-corrected chi connectivity index (χ2v) is 5.64. The molecule has 102 valence electrons. The zero-order valence-electron chi connectivity index (χ0n) is 10.8. The molecule has 7 heteroatoms. The number of nitrogens with one attached hydrogen (secondary N) is 1. The zero-order chi connectivity index (χ0) is 14.5. The summed E-state index contributed by atoms with van der Waals surface area (Å²) in [5.74, 6) is -0.306. The highest BCUT2D eigenvalue weighted by molar-refractivity contribution is 7.89. The standard InChI is InChI=1S/C12H15N3O3S/c1-3-15(2)12(16)9-14-19(17,18)11-6-4-10(8-13)5-7-11/h4-7,14H,3,9H2,1-2H3. The van der Waals surface area contributed by atoms with Gasteiger partial charge in [-0.2, -0.15) is 5.26 Å². The molecule has 0 aliphatic carbocycles. The molecule has 0 radical (unpaired) electrons. The number of nitrogens with zero attached hydrogens (tertiary/aromatic N) is 2. The Bertz CT molecular complexity index is 588. The predicted octanol–water partition coefficient (Wildman–Crippen LogP) is 0.315. The van der Waals surface area contributed by atoms with Crippen LogP contribution in [0.2, 0.25) is 0 Å². The van der Waals surface area contributed by atoms with E-state index >= 15 is 0 Å². The van der Waals surface area contributed by atoms with E-state index in [0.29, 0.717) is 12.1 Å². The van der Waals surface area contributed by atoms with Crippen LogP contribution in [-0.2, 0) is 14.8 Å². The van der Waals surface area contributed by atoms with E-state index in [1.54, 1.807) is 14.0 Å². The van der Waals surface area contributed by atoms with Gasteiger partial charge in [-0.1, -0.05) is 0 Å². The maximum Gasteiger partial charge on any atom is 0.241 e. The Balaban J connectivity index is 2.76. The Morgan fingerprint density at radius 2 is 1.95 bits per heavy atom. The van der Waals surface area contributed by atoms with E-state index in [1.807, 2.05) is 6.07 Å². The molecule has 0 saturated heterocycles. The minimum atomic E-state index is -3.73. The first-order valence-corrected chi connectivity index (χ1v) is 7.13. The van der Waals surface area contributed by atoms with Gasteiger partial charge in [0.25, 0.3) is 0 Å². The summed E-state index contributed by atoms with van der Waals surface area (Å²) in [6.45, 7) is 2.02. The van der Waals surface area contributed by atoms with Crippen LogP contribution < -0.4 is 4.72 Å². The molecule has 0 fully saturated rings. The average molecular weight is 281 g/mol. The number of carbonyl (C=O) groups is 1. The molecule has 6 nitrogen and oxygen atoms in total. The Kier molecular flexibility index (Phi) is 5.03. The molecule has 1 aromatic carbocycles. The number of rotatable bonds is 5. The number of benzene rings is 1. The molecule has 0 unspecified atom stereocenters. The fourth-order valence-corrected chi connectivity index (χ4v) is 2.23. The van der Waals surface area contributed by atoms with Gasteiger partial charge in [0.15, 0.2) is 0 Å². The first-order valence-electron chi connectivity index (χ1n) is 5.64. The summed E-state index contributed by atoms with van der Waals surface area (Å²) in [5, 5.41) is 8.63. The van der Waals surface area contributed by atoms with Crippen LogP contribution in [0.4, 0.5) is 0 Å². The van der Waals surface area contributed by atoms with Crippen LogP contribution in [-0.4, -0.2) is 39.4 Å². The number of hydrogen-bond acceptors (Lipinski definition) is 4. The molecule has 0 bridgehead atoms. The van der Waals surface area contributed by atoms with Crippen molar-refractivity contribution < 1.29 is 13.2 Å². The fourth-order valence-electron chi connectivity index (χ4n) is 1.26. The molecular weight excluding hydrogens is 266 g/mol. The first kappa shape index (κ1) is 15.1. The molecule has 0 saturated carbocycles. The Hall–Kier alpha value is -1.91. The molecule has 1 amide bonds. The number of amides is 1. The van der Waals surface area contributed by atoms with Gasteiger partial charge < -0.3 is 4.90 Å². The van der Waals surface area contributed by atoms with Crippen LogP contribution in [0.5, 0.6) is 0 Å². The van der Waals surface area contributed by atoms with Crippen molar-refractivity contribution in [2.45, 2.75) is 11.8 Å². The van der Waals surface area contributed by atoms with Gasteiger partial charge in [0.05, 0.1) is 23.1 Å². The first-order chi connectivity index (χ1) is 8.90. The molecule has 1 rings (SSSR count). The largest absolute Gasteiger partial charge is 0.345 e. The normalized spacial score (nSPS) is 10.8. The molecule has 0 spiro atoms. The number of likely N-dealkylation sites (N-methyl/N-ethyl adjacent to an activating group) is 1. The van der Waals surface area contributed by atoms with Crippen LogP contribution in [0, 0.1) is 11.3 Å². The quantitative estimate of drug-likeness (QED) is 0.841. The minimum absolute atomic E-state index is 0.0263. The maximum atomic E-state index is 11.9. The van der Waals surface area contributed by atoms with Gasteiger partial charge in [-0.15, -0.1) is 0 Å². The van der Waals surface area contributed by atoms with Crippen LogP contribution in [0.1, 0.15) is 12.5 Å². The lowest BCUT2D eigenvalue weighted by Gasteiger charge is -2.14. The summed E-state index contributed by atoms with van der Waals surface area (Å²) < 4.78 is 26.0. The number of carbonyl (C=O) groups excluding carboxylic acids is 1. The zero-order valence-corrected chi connectivity index (χ0v) is 11.6. The van der Waals surface area contributed by atoms with Gasteiger partial charge in [0.2, 0.25) is 15.9 Å². The third kappa shape index (κ3) is 4.05. The van der Waals surface area contributed by atoms with E-state index < -0.39 is 10.0 Å². The Morgan fingerprint density at radius 1 is 1.37 bits per heavy atom. The lowest BCUT2D eigenvalue weighted by atomic mass is 10.2. The maximum absolute atomic E-state index is 11.9.